The van der Waals surface area contributed by atoms with E-state index in [1.54, 1.807) is 35.6 Å². The fraction of sp³-hybridized carbons (Fsp3) is 0.190. The summed E-state index contributed by atoms with van der Waals surface area (Å²) in [7, 11) is 0.159. The van der Waals surface area contributed by atoms with Gasteiger partial charge < -0.3 is 10.2 Å². The van der Waals surface area contributed by atoms with Gasteiger partial charge in [-0.25, -0.2) is 8.42 Å². The Balaban J connectivity index is 1.65. The van der Waals surface area contributed by atoms with Crippen molar-refractivity contribution in [1.82, 2.24) is 10.2 Å². The topological polar surface area (TPSA) is 78.5 Å². The SMILES string of the molecule is CN(C)C(CNC(=O)c1ccc(S(=O)(=O)Nc2ccc(Cl)cc2)cc1)c1cccs1. The number of halogens is 1. The molecule has 30 heavy (non-hydrogen) atoms. The van der Waals surface area contributed by atoms with Crippen LogP contribution >= 0.6 is 22.9 Å². The van der Waals surface area contributed by atoms with Gasteiger partial charge in [-0.3, -0.25) is 9.52 Å². The minimum absolute atomic E-state index is 0.0668. The summed E-state index contributed by atoms with van der Waals surface area (Å²) in [6.07, 6.45) is 0. The fourth-order valence-electron chi connectivity index (χ4n) is 2.83. The average Bonchev–Trinajstić information content (AvgIpc) is 3.24. The summed E-state index contributed by atoms with van der Waals surface area (Å²) in [6.45, 7) is 0.449. The molecule has 0 saturated heterocycles. The molecule has 0 saturated carbocycles. The highest BCUT2D eigenvalue weighted by atomic mass is 35.5. The summed E-state index contributed by atoms with van der Waals surface area (Å²) in [5, 5.41) is 5.44. The molecule has 0 radical (unpaired) electrons. The molecule has 1 aromatic heterocycles. The van der Waals surface area contributed by atoms with E-state index < -0.39 is 10.0 Å². The molecule has 158 valence electrons. The van der Waals surface area contributed by atoms with Gasteiger partial charge in [0.2, 0.25) is 0 Å². The van der Waals surface area contributed by atoms with Crippen molar-refractivity contribution < 1.29 is 13.2 Å². The van der Waals surface area contributed by atoms with Crippen LogP contribution in [0.4, 0.5) is 5.69 Å². The summed E-state index contributed by atoms with van der Waals surface area (Å²) in [4.78, 5) is 15.8. The van der Waals surface area contributed by atoms with Gasteiger partial charge in [-0.15, -0.1) is 11.3 Å². The third-order valence-corrected chi connectivity index (χ3v) is 7.10. The molecule has 0 bridgehead atoms. The Hall–Kier alpha value is -2.39. The number of carbonyl (C=O) groups is 1. The van der Waals surface area contributed by atoms with E-state index in [0.717, 1.165) is 4.88 Å². The van der Waals surface area contributed by atoms with Gasteiger partial charge in [0, 0.05) is 27.7 Å². The second-order valence-corrected chi connectivity index (χ2v) is 9.94. The Labute approximate surface area is 185 Å². The number of rotatable bonds is 8. The second-order valence-electron chi connectivity index (χ2n) is 6.84. The van der Waals surface area contributed by atoms with Crippen molar-refractivity contribution in [1.29, 1.82) is 0 Å². The molecule has 1 atom stereocenters. The number of hydrogen-bond donors (Lipinski definition) is 2. The Kier molecular flexibility index (Phi) is 7.14. The first-order valence-corrected chi connectivity index (χ1v) is 11.9. The van der Waals surface area contributed by atoms with Gasteiger partial charge >= 0.3 is 0 Å². The third-order valence-electron chi connectivity index (χ3n) is 4.47. The van der Waals surface area contributed by atoms with Crippen LogP contribution in [0.15, 0.2) is 70.9 Å². The molecule has 2 N–H and O–H groups in total. The predicted octanol–water partition coefficient (Wildman–Crippen LogP) is 4.24. The maximum Gasteiger partial charge on any atom is 0.261 e. The number of amides is 1. The zero-order valence-corrected chi connectivity index (χ0v) is 18.9. The van der Waals surface area contributed by atoms with Crippen molar-refractivity contribution in [3.8, 4) is 0 Å². The highest BCUT2D eigenvalue weighted by Crippen LogP contribution is 2.23. The molecule has 1 heterocycles. The number of sulfonamides is 1. The predicted molar refractivity (Wildman–Crippen MR) is 122 cm³/mol. The number of carbonyl (C=O) groups excluding carboxylic acids is 1. The third kappa shape index (κ3) is 5.60. The quantitative estimate of drug-likeness (QED) is 0.523. The Morgan fingerprint density at radius 3 is 2.30 bits per heavy atom. The lowest BCUT2D eigenvalue weighted by Crippen LogP contribution is -2.34. The zero-order valence-electron chi connectivity index (χ0n) is 16.5. The minimum atomic E-state index is -3.77. The summed E-state index contributed by atoms with van der Waals surface area (Å²) in [5.41, 5.74) is 0.800. The Bertz CT molecular complexity index is 1080. The highest BCUT2D eigenvalue weighted by molar-refractivity contribution is 7.92. The molecular formula is C21H22ClN3O3S2. The normalized spacial score (nSPS) is 12.5. The molecule has 0 fully saturated rings. The van der Waals surface area contributed by atoms with Crippen LogP contribution in [0.25, 0.3) is 0 Å². The van der Waals surface area contributed by atoms with E-state index >= 15 is 0 Å². The molecule has 1 unspecified atom stereocenters. The Morgan fingerprint density at radius 2 is 1.73 bits per heavy atom. The van der Waals surface area contributed by atoms with Crippen LogP contribution in [-0.2, 0) is 10.0 Å². The van der Waals surface area contributed by atoms with E-state index in [9.17, 15) is 13.2 Å². The molecule has 3 aromatic rings. The first-order valence-electron chi connectivity index (χ1n) is 9.13. The number of anilines is 1. The first-order chi connectivity index (χ1) is 14.3. The van der Waals surface area contributed by atoms with Crippen LogP contribution in [0.5, 0.6) is 0 Å². The number of nitrogens with one attached hydrogen (secondary N) is 2. The van der Waals surface area contributed by atoms with E-state index in [4.69, 9.17) is 11.6 Å². The summed E-state index contributed by atoms with van der Waals surface area (Å²) in [6, 6.07) is 16.3. The smallest absolute Gasteiger partial charge is 0.261 e. The second kappa shape index (κ2) is 9.61. The van der Waals surface area contributed by atoms with E-state index in [1.165, 1.54) is 24.3 Å². The molecule has 9 heteroatoms. The van der Waals surface area contributed by atoms with Crippen molar-refractivity contribution in [2.75, 3.05) is 25.4 Å². The van der Waals surface area contributed by atoms with Gasteiger partial charge in [-0.1, -0.05) is 17.7 Å². The Morgan fingerprint density at radius 1 is 1.07 bits per heavy atom. The van der Waals surface area contributed by atoms with Gasteiger partial charge in [0.05, 0.1) is 10.9 Å². The van der Waals surface area contributed by atoms with Crippen LogP contribution in [0, 0.1) is 0 Å². The summed E-state index contributed by atoms with van der Waals surface area (Å²) < 4.78 is 27.6. The molecule has 0 aliphatic carbocycles. The lowest BCUT2D eigenvalue weighted by molar-refractivity contribution is 0.0942. The van der Waals surface area contributed by atoms with E-state index in [-0.39, 0.29) is 16.8 Å². The fourth-order valence-corrected chi connectivity index (χ4v) is 4.93. The minimum Gasteiger partial charge on any atom is -0.350 e. The monoisotopic (exact) mass is 463 g/mol. The van der Waals surface area contributed by atoms with Gasteiger partial charge in [0.1, 0.15) is 0 Å². The van der Waals surface area contributed by atoms with Gasteiger partial charge in [0.15, 0.2) is 0 Å². The molecule has 0 spiro atoms. The molecule has 0 aliphatic heterocycles. The van der Waals surface area contributed by atoms with E-state index in [2.05, 4.69) is 10.0 Å². The van der Waals surface area contributed by atoms with Gasteiger partial charge in [0.25, 0.3) is 15.9 Å². The number of nitrogens with zero attached hydrogens (tertiary/aromatic N) is 1. The van der Waals surface area contributed by atoms with Crippen LogP contribution in [0.3, 0.4) is 0 Å². The van der Waals surface area contributed by atoms with Crippen molar-refractivity contribution in [3.05, 3.63) is 81.5 Å². The lowest BCUT2D eigenvalue weighted by atomic mass is 10.2. The summed E-state index contributed by atoms with van der Waals surface area (Å²) >= 11 is 7.46. The first kappa shape index (κ1) is 22.3. The van der Waals surface area contributed by atoms with Crippen molar-refractivity contribution in [2.45, 2.75) is 10.9 Å². The lowest BCUT2D eigenvalue weighted by Gasteiger charge is -2.23. The molecular weight excluding hydrogens is 442 g/mol. The van der Waals surface area contributed by atoms with Crippen LogP contribution in [0.2, 0.25) is 5.02 Å². The van der Waals surface area contributed by atoms with Crippen LogP contribution < -0.4 is 10.0 Å². The van der Waals surface area contributed by atoms with Gasteiger partial charge in [-0.2, -0.15) is 0 Å². The number of thiophene rings is 1. The average molecular weight is 464 g/mol. The molecule has 0 aliphatic rings. The number of benzene rings is 2. The highest BCUT2D eigenvalue weighted by Gasteiger charge is 2.18. The van der Waals surface area contributed by atoms with E-state index in [0.29, 0.717) is 22.8 Å². The molecule has 2 aromatic carbocycles. The maximum absolute atomic E-state index is 12.5. The standard InChI is InChI=1S/C21H22ClN3O3S2/c1-25(2)19(20-4-3-13-29-20)14-23-21(26)15-5-11-18(12-6-15)30(27,28)24-17-9-7-16(22)8-10-17/h3-13,19,24H,14H2,1-2H3,(H,23,26). The van der Waals surface area contributed by atoms with Crippen LogP contribution in [-0.4, -0.2) is 39.9 Å². The molecule has 1 amide bonds. The zero-order chi connectivity index (χ0) is 21.7. The molecule has 6 nitrogen and oxygen atoms in total. The number of hydrogen-bond acceptors (Lipinski definition) is 5. The molecule has 3 rings (SSSR count). The maximum atomic E-state index is 12.5. The van der Waals surface area contributed by atoms with Crippen molar-refractivity contribution in [3.63, 3.8) is 0 Å². The number of likely N-dealkylation sites (N-methyl/N-ethyl adjacent to an activating group) is 1. The van der Waals surface area contributed by atoms with Crippen molar-refractivity contribution >= 4 is 44.6 Å². The summed E-state index contributed by atoms with van der Waals surface area (Å²) in [5.74, 6) is -0.256. The largest absolute Gasteiger partial charge is 0.350 e. The van der Waals surface area contributed by atoms with Crippen LogP contribution in [0.1, 0.15) is 21.3 Å². The van der Waals surface area contributed by atoms with Gasteiger partial charge in [-0.05, 0) is 74.1 Å². The van der Waals surface area contributed by atoms with E-state index in [1.807, 2.05) is 36.5 Å². The van der Waals surface area contributed by atoms with Crippen molar-refractivity contribution in [2.24, 2.45) is 0 Å².